The number of carbonyl (C=O) groups excluding carboxylic acids is 2. The van der Waals surface area contributed by atoms with Gasteiger partial charge in [0, 0.05) is 24.7 Å². The molecule has 9 heteroatoms. The maximum atomic E-state index is 13.0. The fraction of sp³-hybridized carbons (Fsp3) is 0.391. The molecule has 0 bridgehead atoms. The summed E-state index contributed by atoms with van der Waals surface area (Å²) in [5, 5.41) is 2.76. The second-order valence-electron chi connectivity index (χ2n) is 7.99. The number of nitrogens with zero attached hydrogens (tertiary/aromatic N) is 1. The van der Waals surface area contributed by atoms with E-state index < -0.39 is 15.9 Å². The van der Waals surface area contributed by atoms with Gasteiger partial charge in [-0.2, -0.15) is 0 Å². The number of anilines is 1. The number of sulfonamides is 1. The fourth-order valence-electron chi connectivity index (χ4n) is 3.64. The number of para-hydroxylation sites is 1. The number of carbonyl (C=O) groups is 2. The highest BCUT2D eigenvalue weighted by atomic mass is 32.2. The minimum atomic E-state index is -3.88. The predicted molar refractivity (Wildman–Crippen MR) is 123 cm³/mol. The van der Waals surface area contributed by atoms with E-state index in [1.54, 1.807) is 43.0 Å². The van der Waals surface area contributed by atoms with Crippen LogP contribution >= 0.6 is 0 Å². The number of ether oxygens (including phenoxy) is 1. The lowest BCUT2D eigenvalue weighted by Crippen LogP contribution is -2.36. The normalized spacial score (nSPS) is 14.3. The van der Waals surface area contributed by atoms with Crippen molar-refractivity contribution in [1.82, 2.24) is 9.62 Å². The molecule has 0 saturated carbocycles. The van der Waals surface area contributed by atoms with Gasteiger partial charge in [0.1, 0.15) is 10.6 Å². The van der Waals surface area contributed by atoms with Crippen molar-refractivity contribution < 1.29 is 22.7 Å². The Kier molecular flexibility index (Phi) is 7.52. The van der Waals surface area contributed by atoms with Gasteiger partial charge in [0.2, 0.25) is 10.0 Å². The van der Waals surface area contributed by atoms with Crippen molar-refractivity contribution >= 4 is 27.5 Å². The molecule has 1 saturated heterocycles. The van der Waals surface area contributed by atoms with Crippen LogP contribution in [0.5, 0.6) is 5.75 Å². The maximum Gasteiger partial charge on any atom is 0.255 e. The summed E-state index contributed by atoms with van der Waals surface area (Å²) in [6.45, 7) is 4.81. The molecule has 172 valence electrons. The first-order valence-electron chi connectivity index (χ1n) is 10.6. The van der Waals surface area contributed by atoms with Gasteiger partial charge in [0.05, 0.1) is 18.4 Å². The van der Waals surface area contributed by atoms with Crippen LogP contribution in [0.2, 0.25) is 0 Å². The summed E-state index contributed by atoms with van der Waals surface area (Å²) in [4.78, 5) is 27.6. The first-order valence-corrected chi connectivity index (χ1v) is 12.1. The van der Waals surface area contributed by atoms with Crippen molar-refractivity contribution in [3.05, 3.63) is 53.6 Å². The van der Waals surface area contributed by atoms with E-state index in [0.29, 0.717) is 24.3 Å². The molecule has 0 spiro atoms. The Morgan fingerprint density at radius 3 is 2.38 bits per heavy atom. The third-order valence-corrected chi connectivity index (χ3v) is 6.83. The molecule has 2 aromatic carbocycles. The molecular formula is C23H29N3O5S. The van der Waals surface area contributed by atoms with Gasteiger partial charge >= 0.3 is 0 Å². The van der Waals surface area contributed by atoms with Crippen molar-refractivity contribution in [3.63, 3.8) is 0 Å². The van der Waals surface area contributed by atoms with Crippen LogP contribution in [0.4, 0.5) is 5.69 Å². The lowest BCUT2D eigenvalue weighted by molar-refractivity contribution is 0.0725. The number of benzene rings is 2. The van der Waals surface area contributed by atoms with Gasteiger partial charge in [-0.05, 0) is 63.4 Å². The molecule has 0 aliphatic carbocycles. The van der Waals surface area contributed by atoms with Gasteiger partial charge in [-0.1, -0.05) is 12.1 Å². The minimum absolute atomic E-state index is 0.125. The largest absolute Gasteiger partial charge is 0.495 e. The third-order valence-electron chi connectivity index (χ3n) is 5.16. The van der Waals surface area contributed by atoms with Crippen molar-refractivity contribution in [1.29, 1.82) is 0 Å². The van der Waals surface area contributed by atoms with Crippen LogP contribution in [-0.2, 0) is 10.0 Å². The average molecular weight is 460 g/mol. The Morgan fingerprint density at radius 1 is 1.03 bits per heavy atom. The van der Waals surface area contributed by atoms with Gasteiger partial charge in [0.15, 0.2) is 0 Å². The Bertz CT molecular complexity index is 1090. The SMILES string of the molecule is COc1ccc(C(=O)Nc2ccccc2C(=O)N2CCCCC2)cc1S(=O)(=O)NC(C)C. The standard InChI is InChI=1S/C23H29N3O5S/c1-16(2)25-32(29,30)21-15-17(11-12-20(21)31-3)22(27)24-19-10-6-5-9-18(19)23(28)26-13-7-4-8-14-26/h5-6,9-12,15-16,25H,4,7-8,13-14H2,1-3H3,(H,24,27). The number of amides is 2. The van der Waals surface area contributed by atoms with Crippen molar-refractivity contribution in [3.8, 4) is 5.75 Å². The van der Waals surface area contributed by atoms with Gasteiger partial charge < -0.3 is 15.0 Å². The number of piperidine rings is 1. The van der Waals surface area contributed by atoms with Crippen LogP contribution in [0.3, 0.4) is 0 Å². The molecule has 1 heterocycles. The summed E-state index contributed by atoms with van der Waals surface area (Å²) in [5.41, 5.74) is 0.925. The summed E-state index contributed by atoms with van der Waals surface area (Å²) in [6, 6.07) is 10.7. The smallest absolute Gasteiger partial charge is 0.255 e. The molecule has 0 radical (unpaired) electrons. The molecule has 3 rings (SSSR count). The average Bonchev–Trinajstić information content (AvgIpc) is 2.78. The van der Waals surface area contributed by atoms with Crippen LogP contribution < -0.4 is 14.8 Å². The van der Waals surface area contributed by atoms with Crippen LogP contribution in [0.15, 0.2) is 47.4 Å². The molecule has 1 aliphatic rings. The Hall–Kier alpha value is -2.91. The molecular weight excluding hydrogens is 430 g/mol. The van der Waals surface area contributed by atoms with E-state index in [-0.39, 0.29) is 28.2 Å². The second kappa shape index (κ2) is 10.1. The first-order chi connectivity index (χ1) is 15.2. The third kappa shape index (κ3) is 5.46. The van der Waals surface area contributed by atoms with Crippen LogP contribution in [-0.4, -0.2) is 51.4 Å². The zero-order valence-corrected chi connectivity index (χ0v) is 19.4. The van der Waals surface area contributed by atoms with Crippen LogP contribution in [0.25, 0.3) is 0 Å². The zero-order valence-electron chi connectivity index (χ0n) is 18.6. The Morgan fingerprint density at radius 2 is 1.72 bits per heavy atom. The van der Waals surface area contributed by atoms with E-state index >= 15 is 0 Å². The van der Waals surface area contributed by atoms with E-state index in [2.05, 4.69) is 10.0 Å². The lowest BCUT2D eigenvalue weighted by Gasteiger charge is -2.27. The minimum Gasteiger partial charge on any atom is -0.495 e. The molecule has 1 fully saturated rings. The van der Waals surface area contributed by atoms with Gasteiger partial charge in [0.25, 0.3) is 11.8 Å². The molecule has 0 unspecified atom stereocenters. The van der Waals surface area contributed by atoms with E-state index in [1.807, 2.05) is 0 Å². The van der Waals surface area contributed by atoms with Gasteiger partial charge in [-0.25, -0.2) is 13.1 Å². The summed E-state index contributed by atoms with van der Waals surface area (Å²) in [7, 11) is -2.52. The van der Waals surface area contributed by atoms with E-state index in [4.69, 9.17) is 4.74 Å². The van der Waals surface area contributed by atoms with E-state index in [9.17, 15) is 18.0 Å². The van der Waals surface area contributed by atoms with Gasteiger partial charge in [-0.3, -0.25) is 9.59 Å². The molecule has 1 aliphatic heterocycles. The molecule has 8 nitrogen and oxygen atoms in total. The van der Waals surface area contributed by atoms with E-state index in [1.165, 1.54) is 25.3 Å². The van der Waals surface area contributed by atoms with E-state index in [0.717, 1.165) is 19.3 Å². The number of likely N-dealkylation sites (tertiary alicyclic amines) is 1. The lowest BCUT2D eigenvalue weighted by atomic mass is 10.1. The highest BCUT2D eigenvalue weighted by Gasteiger charge is 2.24. The molecule has 32 heavy (non-hydrogen) atoms. The molecule has 2 aromatic rings. The van der Waals surface area contributed by atoms with Crippen molar-refractivity contribution in [2.45, 2.75) is 44.0 Å². The molecule has 2 amide bonds. The first kappa shape index (κ1) is 23.7. The van der Waals surface area contributed by atoms with Crippen molar-refractivity contribution in [2.24, 2.45) is 0 Å². The summed E-state index contributed by atoms with van der Waals surface area (Å²) >= 11 is 0. The topological polar surface area (TPSA) is 105 Å². The molecule has 2 N–H and O–H groups in total. The predicted octanol–water partition coefficient (Wildman–Crippen LogP) is 3.26. The summed E-state index contributed by atoms with van der Waals surface area (Å²) in [5.74, 6) is -0.511. The zero-order chi connectivity index (χ0) is 23.3. The summed E-state index contributed by atoms with van der Waals surface area (Å²) < 4.78 is 33.1. The highest BCUT2D eigenvalue weighted by molar-refractivity contribution is 7.89. The summed E-state index contributed by atoms with van der Waals surface area (Å²) in [6.07, 6.45) is 3.04. The van der Waals surface area contributed by atoms with Crippen molar-refractivity contribution in [2.75, 3.05) is 25.5 Å². The number of rotatable bonds is 7. The number of nitrogens with one attached hydrogen (secondary N) is 2. The Balaban J connectivity index is 1.88. The number of methoxy groups -OCH3 is 1. The van der Waals surface area contributed by atoms with Crippen LogP contribution in [0.1, 0.15) is 53.8 Å². The number of hydrogen-bond donors (Lipinski definition) is 2. The molecule has 0 atom stereocenters. The Labute approximate surface area is 189 Å². The monoisotopic (exact) mass is 459 g/mol. The quantitative estimate of drug-likeness (QED) is 0.661. The maximum absolute atomic E-state index is 13.0. The number of hydrogen-bond acceptors (Lipinski definition) is 5. The fourth-order valence-corrected chi connectivity index (χ4v) is 5.09. The molecule has 0 aromatic heterocycles. The van der Waals surface area contributed by atoms with Crippen LogP contribution in [0, 0.1) is 0 Å². The van der Waals surface area contributed by atoms with Gasteiger partial charge in [-0.15, -0.1) is 0 Å². The highest BCUT2D eigenvalue weighted by Crippen LogP contribution is 2.26. The second-order valence-corrected chi connectivity index (χ2v) is 9.68.